The Labute approximate surface area is 144 Å². The van der Waals surface area contributed by atoms with E-state index in [1.54, 1.807) is 23.0 Å². The van der Waals surface area contributed by atoms with Gasteiger partial charge in [-0.2, -0.15) is 9.61 Å². The number of nitrogens with zero attached hydrogens (tertiary/aromatic N) is 3. The third kappa shape index (κ3) is 2.42. The van der Waals surface area contributed by atoms with Crippen molar-refractivity contribution in [3.05, 3.63) is 46.6 Å². The number of nitrogens with two attached hydrogens (primary N) is 1. The summed E-state index contributed by atoms with van der Waals surface area (Å²) >= 11 is 0. The molecule has 128 valence electrons. The van der Waals surface area contributed by atoms with Crippen LogP contribution in [0.3, 0.4) is 0 Å². The van der Waals surface area contributed by atoms with Gasteiger partial charge in [0.25, 0.3) is 0 Å². The molecule has 5 heterocycles. The van der Waals surface area contributed by atoms with Gasteiger partial charge in [0, 0.05) is 47.6 Å². The van der Waals surface area contributed by atoms with E-state index >= 15 is 0 Å². The Hall–Kier alpha value is -2.67. The average Bonchev–Trinajstić information content (AvgIpc) is 3.18. The number of aromatic nitrogens is 4. The van der Waals surface area contributed by atoms with Gasteiger partial charge in [0.15, 0.2) is 5.65 Å². The first-order chi connectivity index (χ1) is 12.2. The Balaban J connectivity index is 1.62. The van der Waals surface area contributed by atoms with E-state index < -0.39 is 0 Å². The van der Waals surface area contributed by atoms with Crippen molar-refractivity contribution in [1.82, 2.24) is 24.9 Å². The Morgan fingerprint density at radius 1 is 1.20 bits per heavy atom. The van der Waals surface area contributed by atoms with Crippen LogP contribution in [0.15, 0.2) is 35.4 Å². The van der Waals surface area contributed by atoms with Crippen molar-refractivity contribution in [1.29, 1.82) is 0 Å². The first kappa shape index (κ1) is 14.7. The van der Waals surface area contributed by atoms with Crippen LogP contribution in [0, 0.1) is 0 Å². The van der Waals surface area contributed by atoms with Gasteiger partial charge in [-0.15, -0.1) is 0 Å². The van der Waals surface area contributed by atoms with Gasteiger partial charge in [0.1, 0.15) is 5.82 Å². The van der Waals surface area contributed by atoms with Gasteiger partial charge in [-0.3, -0.25) is 4.79 Å². The number of nitrogen functional groups attached to an aromatic ring is 1. The zero-order valence-electron chi connectivity index (χ0n) is 13.8. The number of piperidine rings is 1. The summed E-state index contributed by atoms with van der Waals surface area (Å²) in [6, 6.07) is 6.57. The Morgan fingerprint density at radius 2 is 2.00 bits per heavy atom. The Morgan fingerprint density at radius 3 is 2.76 bits per heavy atom. The van der Waals surface area contributed by atoms with Crippen molar-refractivity contribution in [2.24, 2.45) is 0 Å². The van der Waals surface area contributed by atoms with Gasteiger partial charge in [0.2, 0.25) is 5.56 Å². The minimum atomic E-state index is -0.143. The van der Waals surface area contributed by atoms with E-state index in [4.69, 9.17) is 10.7 Å². The van der Waals surface area contributed by atoms with Crippen LogP contribution in [0.5, 0.6) is 0 Å². The number of H-pyrrole nitrogens is 1. The summed E-state index contributed by atoms with van der Waals surface area (Å²) in [6.07, 6.45) is 8.08. The van der Waals surface area contributed by atoms with Crippen LogP contribution in [0.25, 0.3) is 16.8 Å². The molecular formula is C18H20N6O. The summed E-state index contributed by atoms with van der Waals surface area (Å²) in [4.78, 5) is 19.2. The lowest BCUT2D eigenvalue weighted by Gasteiger charge is -2.28. The van der Waals surface area contributed by atoms with Crippen LogP contribution in [-0.2, 0) is 0 Å². The number of anilines is 1. The average molecular weight is 336 g/mol. The fourth-order valence-corrected chi connectivity index (χ4v) is 4.33. The van der Waals surface area contributed by atoms with E-state index in [-0.39, 0.29) is 5.56 Å². The van der Waals surface area contributed by atoms with Crippen LogP contribution >= 0.6 is 0 Å². The molecule has 2 bridgehead atoms. The van der Waals surface area contributed by atoms with Gasteiger partial charge >= 0.3 is 0 Å². The number of fused-ring (bicyclic) bond motifs is 3. The van der Waals surface area contributed by atoms with E-state index in [2.05, 4.69) is 15.4 Å². The number of aromatic amines is 1. The summed E-state index contributed by atoms with van der Waals surface area (Å²) in [7, 11) is 0. The van der Waals surface area contributed by atoms with Gasteiger partial charge in [-0.1, -0.05) is 0 Å². The molecule has 0 aliphatic carbocycles. The highest BCUT2D eigenvalue weighted by Crippen LogP contribution is 2.37. The molecule has 1 unspecified atom stereocenters. The second kappa shape index (κ2) is 5.42. The smallest absolute Gasteiger partial charge is 0.248 e. The molecule has 0 amide bonds. The summed E-state index contributed by atoms with van der Waals surface area (Å²) in [5.74, 6) is 1.01. The molecule has 4 N–H and O–H groups in total. The van der Waals surface area contributed by atoms with E-state index in [9.17, 15) is 4.79 Å². The molecular weight excluding hydrogens is 316 g/mol. The monoisotopic (exact) mass is 336 g/mol. The van der Waals surface area contributed by atoms with E-state index in [0.29, 0.717) is 29.5 Å². The van der Waals surface area contributed by atoms with E-state index in [1.807, 2.05) is 12.1 Å². The summed E-state index contributed by atoms with van der Waals surface area (Å²) in [6.45, 7) is 0. The number of hydrogen-bond donors (Lipinski definition) is 3. The molecule has 0 spiro atoms. The fourth-order valence-electron chi connectivity index (χ4n) is 4.33. The van der Waals surface area contributed by atoms with Gasteiger partial charge < -0.3 is 16.0 Å². The molecule has 3 aromatic heterocycles. The van der Waals surface area contributed by atoms with Crippen molar-refractivity contribution in [2.75, 3.05) is 5.73 Å². The molecule has 3 atom stereocenters. The molecule has 0 radical (unpaired) electrons. The lowest BCUT2D eigenvalue weighted by atomic mass is 9.89. The highest BCUT2D eigenvalue weighted by atomic mass is 16.1. The predicted octanol–water partition coefficient (Wildman–Crippen LogP) is 1.66. The minimum absolute atomic E-state index is 0.143. The second-order valence-corrected chi connectivity index (χ2v) is 7.15. The normalized spacial score (nSPS) is 25.5. The summed E-state index contributed by atoms with van der Waals surface area (Å²) < 4.78 is 1.65. The number of nitrogens with one attached hydrogen (secondary N) is 2. The summed E-state index contributed by atoms with van der Waals surface area (Å²) in [5.41, 5.74) is 9.48. The Bertz CT molecular complexity index is 994. The highest BCUT2D eigenvalue weighted by Gasteiger charge is 2.35. The number of pyridine rings is 1. The van der Waals surface area contributed by atoms with Crippen LogP contribution in [0.1, 0.15) is 37.3 Å². The lowest BCUT2D eigenvalue weighted by molar-refractivity contribution is 0.359. The van der Waals surface area contributed by atoms with Gasteiger partial charge in [-0.25, -0.2) is 4.98 Å². The predicted molar refractivity (Wildman–Crippen MR) is 95.4 cm³/mol. The SMILES string of the molecule is Nc1cc(C2C[C@H]3CC[C@@H](C2)N3)nc2c(-c3cc[nH]c(=O)c3)cnn12. The molecule has 2 saturated heterocycles. The van der Waals surface area contributed by atoms with E-state index in [0.717, 1.165) is 29.7 Å². The van der Waals surface area contributed by atoms with Crippen LogP contribution < -0.4 is 16.6 Å². The van der Waals surface area contributed by atoms with Crippen molar-refractivity contribution >= 4 is 11.5 Å². The van der Waals surface area contributed by atoms with Crippen LogP contribution in [0.4, 0.5) is 5.82 Å². The van der Waals surface area contributed by atoms with Crippen molar-refractivity contribution in [2.45, 2.75) is 43.7 Å². The third-order valence-electron chi connectivity index (χ3n) is 5.50. The van der Waals surface area contributed by atoms with Crippen LogP contribution in [0.2, 0.25) is 0 Å². The van der Waals surface area contributed by atoms with E-state index in [1.165, 1.54) is 12.8 Å². The van der Waals surface area contributed by atoms with Gasteiger partial charge in [-0.05, 0) is 37.3 Å². The van der Waals surface area contributed by atoms with Crippen molar-refractivity contribution in [3.63, 3.8) is 0 Å². The third-order valence-corrected chi connectivity index (χ3v) is 5.50. The molecule has 3 aromatic rings. The molecule has 0 saturated carbocycles. The van der Waals surface area contributed by atoms with Crippen molar-refractivity contribution in [3.8, 4) is 11.1 Å². The maximum absolute atomic E-state index is 11.6. The largest absolute Gasteiger partial charge is 0.384 e. The highest BCUT2D eigenvalue weighted by molar-refractivity contribution is 5.77. The quantitative estimate of drug-likeness (QED) is 0.661. The fraction of sp³-hybridized carbons (Fsp3) is 0.389. The summed E-state index contributed by atoms with van der Waals surface area (Å²) in [5, 5.41) is 8.02. The molecule has 2 aliphatic rings. The number of rotatable bonds is 2. The molecule has 2 fully saturated rings. The first-order valence-electron chi connectivity index (χ1n) is 8.76. The van der Waals surface area contributed by atoms with Gasteiger partial charge in [0.05, 0.1) is 6.20 Å². The maximum Gasteiger partial charge on any atom is 0.248 e. The first-order valence-corrected chi connectivity index (χ1v) is 8.76. The zero-order valence-corrected chi connectivity index (χ0v) is 13.8. The maximum atomic E-state index is 11.6. The topological polar surface area (TPSA) is 101 Å². The molecule has 5 rings (SSSR count). The van der Waals surface area contributed by atoms with Crippen molar-refractivity contribution < 1.29 is 0 Å². The minimum Gasteiger partial charge on any atom is -0.384 e. The van der Waals surface area contributed by atoms with Crippen LogP contribution in [-0.4, -0.2) is 31.7 Å². The zero-order chi connectivity index (χ0) is 17.0. The molecule has 2 aliphatic heterocycles. The Kier molecular flexibility index (Phi) is 3.18. The number of hydrogen-bond acceptors (Lipinski definition) is 5. The molecule has 25 heavy (non-hydrogen) atoms. The molecule has 7 heteroatoms. The lowest BCUT2D eigenvalue weighted by Crippen LogP contribution is -2.37. The molecule has 0 aromatic carbocycles. The second-order valence-electron chi connectivity index (χ2n) is 7.15. The molecule has 7 nitrogen and oxygen atoms in total. The standard InChI is InChI=1S/C18H20N6O/c19-16-8-15(11-5-12-1-2-13(6-11)22-12)23-18-14(9-21-24(16)18)10-3-4-20-17(25)7-10/h3-4,7-9,11-13,22H,1-2,5-6,19H2,(H,20,25)/t11?,12-,13+.